The monoisotopic (exact) mass is 1480 g/mol. The number of nitrogens with one attached hydrogen (secondary N) is 1. The van der Waals surface area contributed by atoms with E-state index < -0.39 is 190 Å². The van der Waals surface area contributed by atoms with Gasteiger partial charge >= 0.3 is 49.1 Å². The molecule has 4 atom stereocenters. The van der Waals surface area contributed by atoms with Crippen LogP contribution < -0.4 is 20.1 Å². The van der Waals surface area contributed by atoms with Crippen LogP contribution in [0.4, 0.5) is 83.2 Å². The third-order valence-corrected chi connectivity index (χ3v) is 13.6. The largest absolute Gasteiger partial charge is 0.472 e. The number of H-pyrrole nitrogens is 1. The lowest BCUT2D eigenvalue weighted by Crippen LogP contribution is -2.45. The Hall–Kier alpha value is -8.94. The minimum Gasteiger partial charge on any atom is -0.472 e. The van der Waals surface area contributed by atoms with Crippen LogP contribution in [0.2, 0.25) is 0 Å². The second-order valence-electron chi connectivity index (χ2n) is 27.2. The highest BCUT2D eigenvalue weighted by molar-refractivity contribution is 6.12. The summed E-state index contributed by atoms with van der Waals surface area (Å²) in [6.07, 6.45) is -31.4. The first-order chi connectivity index (χ1) is 47.3. The van der Waals surface area contributed by atoms with Crippen molar-refractivity contribution >= 4 is 35.7 Å². The van der Waals surface area contributed by atoms with Gasteiger partial charge in [-0.15, -0.1) is 20.4 Å². The number of aromatic amines is 1. The summed E-state index contributed by atoms with van der Waals surface area (Å²) in [5, 5.41) is 23.9. The molecule has 4 amide bonds. The third-order valence-electron chi connectivity index (χ3n) is 13.6. The Morgan fingerprint density at radius 3 is 1.61 bits per heavy atom. The van der Waals surface area contributed by atoms with Crippen molar-refractivity contribution < 1.29 is 128 Å². The Morgan fingerprint density at radius 2 is 1.14 bits per heavy atom. The molecule has 568 valence electrons. The molecular formula is C66H78F12N8O17. The molecule has 0 unspecified atom stereocenters. The SMILES string of the molecule is C[C@@H]1COCCC[C@](OCc2ccccc2)(C(F)(F)F)c2nnc(o2)-c2nc(c(C(F)(F)F)cc2N(C(=O)OC(C)(C)C)C(=O)OC(C)(C)C)O1.C[C@H](O)COCCC[C@@](OCc1ccccc1)(c1nnc(-c2[nH]c(=O)c(C(F)(F)F)cc2N(C(=O)OC(C)(C)C)C(=O)OC(C)(C)C)o1)C(F)(F)F. The Labute approximate surface area is 581 Å². The second-order valence-corrected chi connectivity index (χ2v) is 27.2. The van der Waals surface area contributed by atoms with Gasteiger partial charge in [0.2, 0.25) is 17.1 Å². The van der Waals surface area contributed by atoms with Crippen LogP contribution in [-0.4, -0.2) is 133 Å². The molecule has 25 nitrogen and oxygen atoms in total. The number of alkyl halides is 12. The fourth-order valence-corrected chi connectivity index (χ4v) is 9.23. The summed E-state index contributed by atoms with van der Waals surface area (Å²) in [7, 11) is 0. The number of amides is 4. The second kappa shape index (κ2) is 32.4. The molecule has 1 aliphatic rings. The lowest BCUT2D eigenvalue weighted by molar-refractivity contribution is -0.300. The van der Waals surface area contributed by atoms with E-state index in [0.29, 0.717) is 17.2 Å². The van der Waals surface area contributed by atoms with Crippen LogP contribution in [0.15, 0.2) is 86.4 Å². The molecular weight excluding hydrogens is 1400 g/mol. The van der Waals surface area contributed by atoms with E-state index in [1.165, 1.54) is 109 Å². The normalized spacial score (nSPS) is 16.7. The maximum atomic E-state index is 15.2. The number of halogens is 12. The number of ether oxygens (including phenoxy) is 9. The topological polar surface area (TPSA) is 302 Å². The predicted octanol–water partition coefficient (Wildman–Crippen LogP) is 15.7. The molecule has 0 fully saturated rings. The summed E-state index contributed by atoms with van der Waals surface area (Å²) in [6, 6.07) is 16.1. The summed E-state index contributed by atoms with van der Waals surface area (Å²) in [6.45, 7) is 17.4. The molecule has 0 spiro atoms. The fraction of sp³-hybridized carbons (Fsp3) is 0.545. The van der Waals surface area contributed by atoms with E-state index >= 15 is 26.3 Å². The Bertz CT molecular complexity index is 3860. The predicted molar refractivity (Wildman–Crippen MR) is 338 cm³/mol. The number of benzene rings is 2. The molecule has 37 heteroatoms. The van der Waals surface area contributed by atoms with Gasteiger partial charge < -0.3 is 61.6 Å². The molecule has 0 radical (unpaired) electrons. The van der Waals surface area contributed by atoms with Gasteiger partial charge in [-0.2, -0.15) is 62.5 Å². The number of imide groups is 2. The zero-order valence-electron chi connectivity index (χ0n) is 58.3. The van der Waals surface area contributed by atoms with E-state index in [1.54, 1.807) is 48.5 Å². The van der Waals surface area contributed by atoms with E-state index in [1.807, 2.05) is 4.98 Å². The van der Waals surface area contributed by atoms with E-state index in [2.05, 4.69) is 25.4 Å². The summed E-state index contributed by atoms with van der Waals surface area (Å²) < 4.78 is 236. The average Bonchev–Trinajstić information content (AvgIpc) is 1.70. The number of hydrogen-bond donors (Lipinski definition) is 2. The highest BCUT2D eigenvalue weighted by Crippen LogP contribution is 2.50. The highest BCUT2D eigenvalue weighted by Gasteiger charge is 2.63. The van der Waals surface area contributed by atoms with Crippen LogP contribution >= 0.6 is 0 Å². The number of carbonyl (C=O) groups is 4. The van der Waals surface area contributed by atoms with Gasteiger partial charge in [-0.1, -0.05) is 60.7 Å². The summed E-state index contributed by atoms with van der Waals surface area (Å²) in [4.78, 5) is 72.6. The number of pyridine rings is 2. The molecule has 4 aromatic heterocycles. The van der Waals surface area contributed by atoms with Crippen LogP contribution in [0.3, 0.4) is 0 Å². The quantitative estimate of drug-likeness (QED) is 0.0517. The van der Waals surface area contributed by atoms with E-state index in [9.17, 15) is 55.4 Å². The zero-order chi connectivity index (χ0) is 77.3. The summed E-state index contributed by atoms with van der Waals surface area (Å²) in [5.74, 6) is -5.37. The molecule has 7 rings (SSSR count). The fourth-order valence-electron chi connectivity index (χ4n) is 9.23. The Kier molecular flexibility index (Phi) is 26.1. The van der Waals surface area contributed by atoms with Crippen LogP contribution in [0.25, 0.3) is 23.2 Å². The number of fused-ring (bicyclic) bond motifs is 5. The van der Waals surface area contributed by atoms with Gasteiger partial charge in [0.1, 0.15) is 45.3 Å². The third kappa shape index (κ3) is 22.5. The Balaban J connectivity index is 0.000000324. The number of carbonyl (C=O) groups excluding carboxylic acids is 4. The number of anilines is 2. The number of rotatable bonds is 16. The molecule has 1 aliphatic heterocycles. The van der Waals surface area contributed by atoms with Gasteiger partial charge in [0, 0.05) is 13.2 Å². The van der Waals surface area contributed by atoms with Gasteiger partial charge in [0.25, 0.3) is 29.1 Å². The smallest absolute Gasteiger partial charge is 0.426 e. The van der Waals surface area contributed by atoms with E-state index in [0.717, 1.165) is 0 Å². The van der Waals surface area contributed by atoms with Crippen molar-refractivity contribution in [2.45, 2.75) is 206 Å². The van der Waals surface area contributed by atoms with Crippen molar-refractivity contribution in [3.05, 3.63) is 117 Å². The van der Waals surface area contributed by atoms with Crippen molar-refractivity contribution in [2.24, 2.45) is 0 Å². The number of hydrogen-bond acceptors (Lipinski definition) is 22. The van der Waals surface area contributed by atoms with Crippen LogP contribution in [0.1, 0.15) is 157 Å². The zero-order valence-corrected chi connectivity index (χ0v) is 58.3. The molecule has 2 N–H and O–H groups in total. The minimum atomic E-state index is -5.35. The number of aliphatic hydroxyl groups excluding tert-OH is 1. The molecule has 4 bridgehead atoms. The minimum absolute atomic E-state index is 0.0172. The maximum Gasteiger partial charge on any atom is 0.426 e. The van der Waals surface area contributed by atoms with Gasteiger partial charge in [0.05, 0.1) is 43.9 Å². The Morgan fingerprint density at radius 1 is 0.650 bits per heavy atom. The number of aliphatic hydroxyl groups is 1. The first-order valence-corrected chi connectivity index (χ1v) is 31.5. The van der Waals surface area contributed by atoms with Crippen molar-refractivity contribution in [3.63, 3.8) is 0 Å². The average molecular weight is 1480 g/mol. The standard InChI is InChI=1S/C33H40F6N4O9.C33H38F6N4O8/c1-19(44)17-48-15-11-14-31(33(37,38)39,49-18-20-12-9-8-10-13-20)26-42-41-25(50-26)23-22(16-21(24(45)40-23)32(34,35)36)43(27(46)51-29(2,3)4)28(47)52-30(5,6)7;1-19-17-46-15-11-14-31(33(37,38)39,47-18-20-12-9-8-10-13-20)26-42-41-25(49-26)23-22(16-21(32(34,35)36)24(40-23)48-19)43(27(44)50-29(2,3)4)28(45)51-30(5,6)7/h8-10,12-13,16,19,44H,11,14-15,17-18H2,1-7H3,(H,40,45);8-10,12-13,16,19H,11,14-15,17-18H2,1-7H3/t19-,31+;19-,31-/m01/s1. The molecule has 6 aromatic rings. The lowest BCUT2D eigenvalue weighted by Gasteiger charge is -2.33. The van der Waals surface area contributed by atoms with Gasteiger partial charge in [-0.3, -0.25) is 4.79 Å². The molecule has 103 heavy (non-hydrogen) atoms. The molecule has 0 saturated carbocycles. The first kappa shape index (κ1) is 83.0. The lowest BCUT2D eigenvalue weighted by atomic mass is 9.96. The van der Waals surface area contributed by atoms with E-state index in [-0.39, 0.29) is 55.1 Å². The molecule has 2 aromatic carbocycles. The maximum absolute atomic E-state index is 15.2. The number of aromatic nitrogens is 6. The molecule has 0 aliphatic carbocycles. The van der Waals surface area contributed by atoms with Crippen LogP contribution in [0, 0.1) is 0 Å². The molecule has 0 saturated heterocycles. The van der Waals surface area contributed by atoms with Crippen LogP contribution in [-0.2, 0) is 74.7 Å². The van der Waals surface area contributed by atoms with Gasteiger partial charge in [-0.05, 0) is 146 Å². The van der Waals surface area contributed by atoms with E-state index in [4.69, 9.17) is 51.5 Å². The van der Waals surface area contributed by atoms with Gasteiger partial charge in [-0.25, -0.2) is 24.2 Å². The van der Waals surface area contributed by atoms with Gasteiger partial charge in [0.15, 0.2) is 5.69 Å². The molecule has 5 heterocycles. The summed E-state index contributed by atoms with van der Waals surface area (Å²) >= 11 is 0. The van der Waals surface area contributed by atoms with Crippen LogP contribution in [0.5, 0.6) is 5.88 Å². The highest BCUT2D eigenvalue weighted by atomic mass is 19.4. The van der Waals surface area contributed by atoms with Crippen molar-refractivity contribution in [1.82, 2.24) is 30.4 Å². The first-order valence-electron chi connectivity index (χ1n) is 31.5. The summed E-state index contributed by atoms with van der Waals surface area (Å²) in [5.41, 5.74) is -20.2. The number of nitrogens with zero attached hydrogens (tertiary/aromatic N) is 7. The van der Waals surface area contributed by atoms with Crippen molar-refractivity contribution in [1.29, 1.82) is 0 Å². The van der Waals surface area contributed by atoms with Crippen molar-refractivity contribution in [2.75, 3.05) is 36.2 Å². The van der Waals surface area contributed by atoms with Crippen molar-refractivity contribution in [3.8, 4) is 29.0 Å².